The number of benzene rings is 5. The molecule has 0 atom stereocenters. The second-order valence-electron chi connectivity index (χ2n) is 10.1. The number of halogens is 2. The summed E-state index contributed by atoms with van der Waals surface area (Å²) in [5, 5.41) is 9.85. The summed E-state index contributed by atoms with van der Waals surface area (Å²) in [6, 6.07) is 32.9. The highest BCUT2D eigenvalue weighted by Crippen LogP contribution is 2.35. The molecule has 0 saturated heterocycles. The van der Waals surface area contributed by atoms with E-state index in [4.69, 9.17) is 13.6 Å². The van der Waals surface area contributed by atoms with E-state index in [-0.39, 0.29) is 5.75 Å². The molecule has 6 nitrogen and oxygen atoms in total. The van der Waals surface area contributed by atoms with Gasteiger partial charge in [-0.25, -0.2) is 9.97 Å². The number of phenols is 1. The molecule has 0 aliphatic heterocycles. The van der Waals surface area contributed by atoms with Gasteiger partial charge in [-0.1, -0.05) is 74.3 Å². The number of hydrogen-bond donors (Lipinski definition) is 1. The Morgan fingerprint density at radius 3 is 1.84 bits per heavy atom. The number of ether oxygens (including phenoxy) is 1. The average Bonchev–Trinajstić information content (AvgIpc) is 3.62. The zero-order valence-corrected chi connectivity index (χ0v) is 26.5. The van der Waals surface area contributed by atoms with Gasteiger partial charge in [-0.15, -0.1) is 0 Å². The number of oxazole rings is 2. The van der Waals surface area contributed by atoms with Gasteiger partial charge in [0.15, 0.2) is 11.2 Å². The molecule has 0 radical (unpaired) electrons. The Morgan fingerprint density at radius 1 is 0.651 bits per heavy atom. The van der Waals surface area contributed by atoms with Gasteiger partial charge in [0.1, 0.15) is 29.1 Å². The molecule has 0 aliphatic rings. The van der Waals surface area contributed by atoms with E-state index in [9.17, 15) is 5.11 Å². The Bertz CT molecular complexity index is 2050. The van der Waals surface area contributed by atoms with Crippen molar-refractivity contribution in [3.63, 3.8) is 0 Å². The van der Waals surface area contributed by atoms with Crippen LogP contribution < -0.4 is 4.74 Å². The van der Waals surface area contributed by atoms with Gasteiger partial charge in [-0.05, 0) is 91.2 Å². The van der Waals surface area contributed by atoms with Crippen LogP contribution in [0.1, 0.15) is 16.7 Å². The molecule has 0 saturated carbocycles. The van der Waals surface area contributed by atoms with E-state index in [2.05, 4.69) is 41.8 Å². The van der Waals surface area contributed by atoms with Gasteiger partial charge in [0.2, 0.25) is 11.8 Å². The van der Waals surface area contributed by atoms with Crippen molar-refractivity contribution in [3.8, 4) is 34.4 Å². The monoisotopic (exact) mass is 696 g/mol. The van der Waals surface area contributed by atoms with E-state index in [1.165, 1.54) is 0 Å². The summed E-state index contributed by atoms with van der Waals surface area (Å²) in [4.78, 5) is 9.03. The van der Waals surface area contributed by atoms with Gasteiger partial charge in [0.25, 0.3) is 0 Å². The van der Waals surface area contributed by atoms with E-state index < -0.39 is 0 Å². The van der Waals surface area contributed by atoms with Crippen molar-refractivity contribution >= 4 is 54.1 Å². The van der Waals surface area contributed by atoms with Gasteiger partial charge in [0.05, 0.1) is 11.1 Å². The number of hydrogen-bond acceptors (Lipinski definition) is 6. The predicted octanol–water partition coefficient (Wildman–Crippen LogP) is 10.4. The molecule has 7 aromatic rings. The molecule has 1 N–H and O–H groups in total. The lowest BCUT2D eigenvalue weighted by molar-refractivity contribution is 0.306. The Hall–Kier alpha value is -4.40. The zero-order chi connectivity index (χ0) is 29.9. The van der Waals surface area contributed by atoms with E-state index in [1.54, 1.807) is 18.2 Å². The summed E-state index contributed by atoms with van der Waals surface area (Å²) in [5.74, 6) is 1.89. The van der Waals surface area contributed by atoms with Crippen molar-refractivity contribution in [2.45, 2.75) is 20.5 Å². The van der Waals surface area contributed by atoms with Gasteiger partial charge in [-0.2, -0.15) is 0 Å². The Kier molecular flexibility index (Phi) is 8.31. The quantitative estimate of drug-likeness (QED) is 0.193. The highest BCUT2D eigenvalue weighted by Gasteiger charge is 2.15. The summed E-state index contributed by atoms with van der Waals surface area (Å²) in [5.41, 5.74) is 7.95. The number of aromatic nitrogens is 2. The first-order valence-electron chi connectivity index (χ1n) is 13.5. The highest BCUT2D eigenvalue weighted by atomic mass is 79.9. The third kappa shape index (κ3) is 6.66. The van der Waals surface area contributed by atoms with Crippen molar-refractivity contribution < 1.29 is 18.7 Å². The molecular weight excluding hydrogens is 672 g/mol. The summed E-state index contributed by atoms with van der Waals surface area (Å²) in [6.07, 6.45) is 0. The Balaban J connectivity index is 0.000000162. The third-order valence-corrected chi connectivity index (χ3v) is 7.67. The maximum Gasteiger partial charge on any atom is 0.231 e. The van der Waals surface area contributed by atoms with Crippen LogP contribution in [0.3, 0.4) is 0 Å². The lowest BCUT2D eigenvalue weighted by Gasteiger charge is -2.10. The molecule has 43 heavy (non-hydrogen) atoms. The van der Waals surface area contributed by atoms with Crippen molar-refractivity contribution in [2.24, 2.45) is 0 Å². The molecule has 0 fully saturated rings. The van der Waals surface area contributed by atoms with Gasteiger partial charge in [0, 0.05) is 8.95 Å². The lowest BCUT2D eigenvalue weighted by atomic mass is 10.2. The zero-order valence-electron chi connectivity index (χ0n) is 23.3. The lowest BCUT2D eigenvalue weighted by Crippen LogP contribution is -1.97. The van der Waals surface area contributed by atoms with Crippen LogP contribution in [0.5, 0.6) is 11.5 Å². The number of phenolic OH excluding ortho intramolecular Hbond substituents is 1. The molecule has 0 spiro atoms. The summed E-state index contributed by atoms with van der Waals surface area (Å²) >= 11 is 6.89. The van der Waals surface area contributed by atoms with Crippen LogP contribution in [0.25, 0.3) is 45.1 Å². The van der Waals surface area contributed by atoms with Crippen LogP contribution in [-0.4, -0.2) is 15.1 Å². The first kappa shape index (κ1) is 28.7. The second kappa shape index (κ2) is 12.5. The molecule has 8 heteroatoms. The van der Waals surface area contributed by atoms with Crippen LogP contribution >= 0.6 is 31.9 Å². The molecular formula is C35H26Br2N2O4. The molecule has 214 valence electrons. The standard InChI is InChI=1S/C21H16BrNO2.C14H10BrNO2/c1-14-7-9-20-18(11-14)23-21(25-20)17-12-16(22)8-10-19(17)24-13-15-5-3-2-4-6-15;1-8-2-5-13-11(6-8)16-14(18-13)10-7-9(15)3-4-12(10)17/h2-12H,13H2,1H3;2-7,17H,1H3. The van der Waals surface area contributed by atoms with Crippen molar-refractivity contribution in [1.82, 2.24) is 9.97 Å². The SMILES string of the molecule is Cc1ccc2oc(-c3cc(Br)ccc3O)nc2c1.Cc1ccc2oc(-c3cc(Br)ccc3OCc3ccccc3)nc2c1. The Morgan fingerprint density at radius 2 is 1.21 bits per heavy atom. The first-order valence-corrected chi connectivity index (χ1v) is 15.1. The smallest absolute Gasteiger partial charge is 0.231 e. The van der Waals surface area contributed by atoms with Crippen molar-refractivity contribution in [3.05, 3.63) is 129 Å². The minimum atomic E-state index is 0.154. The van der Waals surface area contributed by atoms with Crippen LogP contribution in [0.4, 0.5) is 0 Å². The predicted molar refractivity (Wildman–Crippen MR) is 176 cm³/mol. The molecule has 0 unspecified atom stereocenters. The molecule has 2 heterocycles. The molecule has 7 rings (SSSR count). The molecule has 0 bridgehead atoms. The highest BCUT2D eigenvalue weighted by molar-refractivity contribution is 9.10. The van der Waals surface area contributed by atoms with Crippen molar-refractivity contribution in [2.75, 3.05) is 0 Å². The van der Waals surface area contributed by atoms with Gasteiger partial charge >= 0.3 is 0 Å². The summed E-state index contributed by atoms with van der Waals surface area (Å²) < 4.78 is 19.5. The van der Waals surface area contributed by atoms with Crippen LogP contribution in [0.15, 0.2) is 121 Å². The van der Waals surface area contributed by atoms with Crippen LogP contribution in [-0.2, 0) is 6.61 Å². The molecule has 0 aliphatic carbocycles. The molecule has 2 aromatic heterocycles. The number of aromatic hydroxyl groups is 1. The normalized spacial score (nSPS) is 11.0. The fraction of sp³-hybridized carbons (Fsp3) is 0.0857. The number of nitrogens with zero attached hydrogens (tertiary/aromatic N) is 2. The van der Waals surface area contributed by atoms with E-state index in [1.807, 2.05) is 98.8 Å². The maximum absolute atomic E-state index is 9.85. The van der Waals surface area contributed by atoms with Crippen LogP contribution in [0.2, 0.25) is 0 Å². The van der Waals surface area contributed by atoms with Crippen molar-refractivity contribution in [1.29, 1.82) is 0 Å². The fourth-order valence-corrected chi connectivity index (χ4v) is 5.24. The maximum atomic E-state index is 9.85. The number of aryl methyl sites for hydroxylation is 2. The molecule has 5 aromatic carbocycles. The average molecular weight is 698 g/mol. The summed E-state index contributed by atoms with van der Waals surface area (Å²) in [7, 11) is 0. The minimum Gasteiger partial charge on any atom is -0.507 e. The van der Waals surface area contributed by atoms with Gasteiger partial charge in [-0.3, -0.25) is 0 Å². The van der Waals surface area contributed by atoms with Crippen LogP contribution in [0, 0.1) is 13.8 Å². The number of fused-ring (bicyclic) bond motifs is 2. The molecule has 0 amide bonds. The first-order chi connectivity index (χ1) is 20.8. The van der Waals surface area contributed by atoms with E-state index in [0.29, 0.717) is 24.0 Å². The van der Waals surface area contributed by atoms with E-state index >= 15 is 0 Å². The van der Waals surface area contributed by atoms with Gasteiger partial charge < -0.3 is 18.7 Å². The second-order valence-corrected chi connectivity index (χ2v) is 11.9. The largest absolute Gasteiger partial charge is 0.507 e. The third-order valence-electron chi connectivity index (χ3n) is 6.68. The minimum absolute atomic E-state index is 0.154. The summed E-state index contributed by atoms with van der Waals surface area (Å²) in [6.45, 7) is 4.54. The Labute approximate surface area is 265 Å². The number of rotatable bonds is 5. The topological polar surface area (TPSA) is 81.5 Å². The fourth-order valence-electron chi connectivity index (χ4n) is 4.52. The van der Waals surface area contributed by atoms with E-state index in [0.717, 1.165) is 59.1 Å².